The Kier molecular flexibility index (Phi) is 4.21. The van der Waals surface area contributed by atoms with Gasteiger partial charge in [-0.2, -0.15) is 12.6 Å². The molecule has 1 heteroatoms. The van der Waals surface area contributed by atoms with E-state index in [1.165, 1.54) is 43.2 Å². The molecule has 1 aromatic carbocycles. The molecule has 0 unspecified atom stereocenters. The SMILES string of the molecule is C=C(c1ccc(C2CCCCC2)cc1)C(C)(C)S. The van der Waals surface area contributed by atoms with Crippen molar-refractivity contribution in [3.8, 4) is 0 Å². The van der Waals surface area contributed by atoms with Gasteiger partial charge in [-0.1, -0.05) is 50.1 Å². The zero-order chi connectivity index (χ0) is 13.2. The number of hydrogen-bond donors (Lipinski definition) is 1. The average Bonchev–Trinajstić information content (AvgIpc) is 2.38. The molecule has 0 nitrogen and oxygen atoms in total. The van der Waals surface area contributed by atoms with Crippen LogP contribution in [0.25, 0.3) is 5.57 Å². The van der Waals surface area contributed by atoms with E-state index in [1.54, 1.807) is 0 Å². The van der Waals surface area contributed by atoms with E-state index < -0.39 is 0 Å². The summed E-state index contributed by atoms with van der Waals surface area (Å²) in [5.74, 6) is 0.782. The van der Waals surface area contributed by atoms with Gasteiger partial charge in [0.05, 0.1) is 0 Å². The van der Waals surface area contributed by atoms with E-state index in [4.69, 9.17) is 0 Å². The highest BCUT2D eigenvalue weighted by molar-refractivity contribution is 7.82. The van der Waals surface area contributed by atoms with E-state index >= 15 is 0 Å². The maximum absolute atomic E-state index is 4.59. The van der Waals surface area contributed by atoms with Gasteiger partial charge in [-0.25, -0.2) is 0 Å². The second-order valence-corrected chi connectivity index (χ2v) is 7.11. The lowest BCUT2D eigenvalue weighted by atomic mass is 9.83. The highest BCUT2D eigenvalue weighted by Crippen LogP contribution is 2.35. The van der Waals surface area contributed by atoms with Gasteiger partial charge in [0, 0.05) is 4.75 Å². The molecule has 0 amide bonds. The summed E-state index contributed by atoms with van der Waals surface area (Å²) in [4.78, 5) is 0. The Morgan fingerprint density at radius 3 is 2.17 bits per heavy atom. The third kappa shape index (κ3) is 3.20. The molecule has 98 valence electrons. The van der Waals surface area contributed by atoms with E-state index in [9.17, 15) is 0 Å². The van der Waals surface area contributed by atoms with E-state index in [-0.39, 0.29) is 4.75 Å². The van der Waals surface area contributed by atoms with E-state index in [0.29, 0.717) is 0 Å². The van der Waals surface area contributed by atoms with Crippen molar-refractivity contribution in [1.82, 2.24) is 0 Å². The Morgan fingerprint density at radius 1 is 1.11 bits per heavy atom. The number of rotatable bonds is 3. The molecule has 1 aromatic rings. The number of benzene rings is 1. The molecule has 18 heavy (non-hydrogen) atoms. The van der Waals surface area contributed by atoms with Crippen LogP contribution in [0.1, 0.15) is 63.0 Å². The fourth-order valence-corrected chi connectivity index (χ4v) is 2.87. The quantitative estimate of drug-likeness (QED) is 0.686. The minimum absolute atomic E-state index is 0.146. The molecule has 1 fully saturated rings. The van der Waals surface area contributed by atoms with Gasteiger partial charge in [-0.3, -0.25) is 0 Å². The smallest absolute Gasteiger partial charge is 0.0322 e. The molecule has 0 bridgehead atoms. The first-order valence-corrected chi connectivity index (χ1v) is 7.45. The first kappa shape index (κ1) is 13.7. The van der Waals surface area contributed by atoms with Gasteiger partial charge >= 0.3 is 0 Å². The van der Waals surface area contributed by atoms with Crippen LogP contribution >= 0.6 is 12.6 Å². The molecule has 1 saturated carbocycles. The van der Waals surface area contributed by atoms with Crippen LogP contribution in [0.15, 0.2) is 30.8 Å². The number of hydrogen-bond acceptors (Lipinski definition) is 1. The Bertz CT molecular complexity index is 402. The fraction of sp³-hybridized carbons (Fsp3) is 0.529. The molecule has 1 aliphatic rings. The van der Waals surface area contributed by atoms with E-state index in [1.807, 2.05) is 0 Å². The van der Waals surface area contributed by atoms with Gasteiger partial charge in [-0.05, 0) is 49.3 Å². The zero-order valence-electron chi connectivity index (χ0n) is 11.6. The molecule has 0 aromatic heterocycles. The molecule has 0 aliphatic heterocycles. The highest BCUT2D eigenvalue weighted by atomic mass is 32.1. The molecule has 0 radical (unpaired) electrons. The molecule has 0 N–H and O–H groups in total. The lowest BCUT2D eigenvalue weighted by Crippen LogP contribution is -2.12. The predicted octanol–water partition coefficient (Wildman–Crippen LogP) is 5.46. The summed E-state index contributed by atoms with van der Waals surface area (Å²) in [7, 11) is 0. The van der Waals surface area contributed by atoms with E-state index in [2.05, 4.69) is 57.3 Å². The van der Waals surface area contributed by atoms with Crippen molar-refractivity contribution < 1.29 is 0 Å². The second-order valence-electron chi connectivity index (χ2n) is 5.99. The standard InChI is InChI=1S/C17H24S/c1-13(17(2,3)18)14-9-11-16(12-10-14)15-7-5-4-6-8-15/h9-12,15,18H,1,4-8H2,2-3H3. The van der Waals surface area contributed by atoms with Crippen LogP contribution in [0.4, 0.5) is 0 Å². The van der Waals surface area contributed by atoms with Crippen LogP contribution in [-0.4, -0.2) is 4.75 Å². The van der Waals surface area contributed by atoms with Crippen LogP contribution in [0.5, 0.6) is 0 Å². The Labute approximate surface area is 117 Å². The minimum Gasteiger partial charge on any atom is -0.168 e. The fourth-order valence-electron chi connectivity index (χ4n) is 2.75. The molecule has 0 spiro atoms. The summed E-state index contributed by atoms with van der Waals surface area (Å²) in [5, 5.41) is 0. The Hall–Kier alpha value is -0.690. The second kappa shape index (κ2) is 5.52. The summed E-state index contributed by atoms with van der Waals surface area (Å²) in [6, 6.07) is 9.00. The van der Waals surface area contributed by atoms with Crippen molar-refractivity contribution in [3.63, 3.8) is 0 Å². The summed E-state index contributed by atoms with van der Waals surface area (Å²) in [6.45, 7) is 8.34. The summed E-state index contributed by atoms with van der Waals surface area (Å²) >= 11 is 4.59. The highest BCUT2D eigenvalue weighted by Gasteiger charge is 2.19. The number of thiol groups is 1. The molecule has 0 atom stereocenters. The van der Waals surface area contributed by atoms with Gasteiger partial charge in [0.25, 0.3) is 0 Å². The molecule has 1 aliphatic carbocycles. The molecule has 2 rings (SSSR count). The summed E-state index contributed by atoms with van der Waals surface area (Å²) < 4.78 is -0.146. The van der Waals surface area contributed by atoms with Crippen molar-refractivity contribution in [3.05, 3.63) is 42.0 Å². The van der Waals surface area contributed by atoms with Crippen LogP contribution < -0.4 is 0 Å². The minimum atomic E-state index is -0.146. The van der Waals surface area contributed by atoms with Crippen molar-refractivity contribution in [2.75, 3.05) is 0 Å². The Morgan fingerprint density at radius 2 is 1.67 bits per heavy atom. The predicted molar refractivity (Wildman–Crippen MR) is 84.4 cm³/mol. The maximum Gasteiger partial charge on any atom is 0.0322 e. The first-order valence-electron chi connectivity index (χ1n) is 7.00. The maximum atomic E-state index is 4.59. The lowest BCUT2D eigenvalue weighted by molar-refractivity contribution is 0.443. The largest absolute Gasteiger partial charge is 0.168 e. The summed E-state index contributed by atoms with van der Waals surface area (Å²) in [6.07, 6.45) is 6.92. The normalized spacial score (nSPS) is 17.7. The van der Waals surface area contributed by atoms with E-state index in [0.717, 1.165) is 11.5 Å². The first-order chi connectivity index (χ1) is 8.48. The van der Waals surface area contributed by atoms with Gasteiger partial charge in [0.2, 0.25) is 0 Å². The molecule has 0 saturated heterocycles. The summed E-state index contributed by atoms with van der Waals surface area (Å²) in [5.41, 5.74) is 3.82. The third-order valence-corrected chi connectivity index (χ3v) is 4.34. The topological polar surface area (TPSA) is 0 Å². The zero-order valence-corrected chi connectivity index (χ0v) is 12.5. The monoisotopic (exact) mass is 260 g/mol. The van der Waals surface area contributed by atoms with Crippen molar-refractivity contribution in [2.45, 2.75) is 56.6 Å². The van der Waals surface area contributed by atoms with Crippen molar-refractivity contribution in [1.29, 1.82) is 0 Å². The van der Waals surface area contributed by atoms with Gasteiger partial charge < -0.3 is 0 Å². The molecular weight excluding hydrogens is 236 g/mol. The molecule has 0 heterocycles. The van der Waals surface area contributed by atoms with Crippen LogP contribution in [0, 0.1) is 0 Å². The van der Waals surface area contributed by atoms with Crippen LogP contribution in [0.3, 0.4) is 0 Å². The van der Waals surface area contributed by atoms with Gasteiger partial charge in [0.1, 0.15) is 0 Å². The van der Waals surface area contributed by atoms with Gasteiger partial charge in [-0.15, -0.1) is 0 Å². The van der Waals surface area contributed by atoms with Crippen molar-refractivity contribution >= 4 is 18.2 Å². The lowest BCUT2D eigenvalue weighted by Gasteiger charge is -2.24. The van der Waals surface area contributed by atoms with Crippen molar-refractivity contribution in [2.24, 2.45) is 0 Å². The van der Waals surface area contributed by atoms with Crippen LogP contribution in [0.2, 0.25) is 0 Å². The average molecular weight is 260 g/mol. The Balaban J connectivity index is 2.12. The third-order valence-electron chi connectivity index (χ3n) is 4.07. The molecular formula is C17H24S. The van der Waals surface area contributed by atoms with Gasteiger partial charge in [0.15, 0.2) is 0 Å². The van der Waals surface area contributed by atoms with Crippen LogP contribution in [-0.2, 0) is 0 Å².